The van der Waals surface area contributed by atoms with Gasteiger partial charge >= 0.3 is 11.9 Å². The first kappa shape index (κ1) is 28.1. The summed E-state index contributed by atoms with van der Waals surface area (Å²) in [7, 11) is 1.57. The van der Waals surface area contributed by atoms with Crippen molar-refractivity contribution in [3.05, 3.63) is 70.9 Å². The fourth-order valence-corrected chi connectivity index (χ4v) is 5.64. The molecule has 0 saturated heterocycles. The number of nitrogens with zero attached hydrogens (tertiary/aromatic N) is 1. The van der Waals surface area contributed by atoms with Crippen molar-refractivity contribution in [2.75, 3.05) is 26.9 Å². The monoisotopic (exact) mass is 533 g/mol. The SMILES string of the molecule is CCOC(=O)C1=C(C)N=C2C[C@@H](c3cccc(OC)c3)[C@H](C(=O)OCC)C(=O)C2[C@H]1c1ccc(OCC)cc1. The van der Waals surface area contributed by atoms with Crippen molar-refractivity contribution in [2.24, 2.45) is 16.8 Å². The normalized spacial score (nSPS) is 22.5. The van der Waals surface area contributed by atoms with Gasteiger partial charge in [0.2, 0.25) is 0 Å². The van der Waals surface area contributed by atoms with E-state index in [1.165, 1.54) is 0 Å². The Morgan fingerprint density at radius 3 is 2.26 bits per heavy atom. The second-order valence-electron chi connectivity index (χ2n) is 9.50. The maximum Gasteiger partial charge on any atom is 0.336 e. The maximum absolute atomic E-state index is 14.4. The van der Waals surface area contributed by atoms with E-state index >= 15 is 0 Å². The molecule has 2 aliphatic rings. The molecule has 0 aromatic heterocycles. The van der Waals surface area contributed by atoms with Gasteiger partial charge in [-0.2, -0.15) is 0 Å². The molecule has 39 heavy (non-hydrogen) atoms. The zero-order valence-corrected chi connectivity index (χ0v) is 23.1. The number of hydrogen-bond donors (Lipinski definition) is 0. The van der Waals surface area contributed by atoms with Crippen molar-refractivity contribution in [2.45, 2.75) is 46.0 Å². The molecular formula is C31H35NO7. The molecule has 1 aliphatic carbocycles. The summed E-state index contributed by atoms with van der Waals surface area (Å²) < 4.78 is 21.8. The largest absolute Gasteiger partial charge is 0.497 e. The number of carbonyl (C=O) groups excluding carboxylic acids is 3. The minimum absolute atomic E-state index is 0.147. The molecule has 8 heteroatoms. The topological polar surface area (TPSA) is 100 Å². The summed E-state index contributed by atoms with van der Waals surface area (Å²) in [5.74, 6) is -3.14. The quantitative estimate of drug-likeness (QED) is 0.330. The smallest absolute Gasteiger partial charge is 0.336 e. The third kappa shape index (κ3) is 5.60. The van der Waals surface area contributed by atoms with Crippen LogP contribution >= 0.6 is 0 Å². The van der Waals surface area contributed by atoms with Crippen LogP contribution in [0.4, 0.5) is 0 Å². The number of hydrogen-bond acceptors (Lipinski definition) is 8. The highest BCUT2D eigenvalue weighted by molar-refractivity contribution is 6.17. The van der Waals surface area contributed by atoms with Gasteiger partial charge in [-0.1, -0.05) is 24.3 Å². The van der Waals surface area contributed by atoms with Crippen molar-refractivity contribution in [3.63, 3.8) is 0 Å². The van der Waals surface area contributed by atoms with Gasteiger partial charge in [0.15, 0.2) is 5.78 Å². The van der Waals surface area contributed by atoms with E-state index in [0.29, 0.717) is 41.5 Å². The third-order valence-corrected chi connectivity index (χ3v) is 7.26. The van der Waals surface area contributed by atoms with Gasteiger partial charge in [-0.05, 0) is 69.5 Å². The average Bonchev–Trinajstić information content (AvgIpc) is 2.93. The Bertz CT molecular complexity index is 1290. The van der Waals surface area contributed by atoms with E-state index in [9.17, 15) is 14.4 Å². The van der Waals surface area contributed by atoms with Gasteiger partial charge in [0, 0.05) is 23.2 Å². The van der Waals surface area contributed by atoms with Crippen LogP contribution in [0.15, 0.2) is 64.8 Å². The van der Waals surface area contributed by atoms with Crippen LogP contribution in [0, 0.1) is 11.8 Å². The zero-order valence-electron chi connectivity index (χ0n) is 23.1. The first-order chi connectivity index (χ1) is 18.8. The number of benzene rings is 2. The molecule has 0 bridgehead atoms. The maximum atomic E-state index is 14.4. The van der Waals surface area contributed by atoms with Crippen LogP contribution in [0.5, 0.6) is 11.5 Å². The van der Waals surface area contributed by atoms with Gasteiger partial charge in [0.05, 0.1) is 38.4 Å². The van der Waals surface area contributed by atoms with E-state index in [-0.39, 0.29) is 19.0 Å². The molecule has 1 fully saturated rings. The van der Waals surface area contributed by atoms with Gasteiger partial charge in [-0.25, -0.2) is 4.79 Å². The van der Waals surface area contributed by atoms with E-state index in [0.717, 1.165) is 11.1 Å². The number of esters is 2. The Hall–Kier alpha value is -3.94. The lowest BCUT2D eigenvalue weighted by Gasteiger charge is -2.41. The predicted molar refractivity (Wildman–Crippen MR) is 146 cm³/mol. The Labute approximate surface area is 229 Å². The van der Waals surface area contributed by atoms with Crippen LogP contribution in [0.3, 0.4) is 0 Å². The number of allylic oxidation sites excluding steroid dienone is 1. The summed E-state index contributed by atoms with van der Waals surface area (Å²) in [4.78, 5) is 45.7. The van der Waals surface area contributed by atoms with Gasteiger partial charge in [-0.15, -0.1) is 0 Å². The summed E-state index contributed by atoms with van der Waals surface area (Å²) in [5.41, 5.74) is 3.00. The second kappa shape index (κ2) is 12.3. The number of Topliss-reactive ketones (excluding diaryl/α,β-unsaturated/α-hetero) is 1. The predicted octanol–water partition coefficient (Wildman–Crippen LogP) is 5.02. The minimum Gasteiger partial charge on any atom is -0.497 e. The lowest BCUT2D eigenvalue weighted by atomic mass is 9.62. The molecule has 0 amide bonds. The molecule has 2 aromatic rings. The standard InChI is InChI=1S/C31H35NO7/c1-6-37-21-14-12-19(13-15-21)26-25(30(34)38-7-2)18(4)32-24-17-23(20-10-9-11-22(16-20)36-5)27(29(33)28(24)26)31(35)39-8-3/h9-16,23,26-28H,6-8,17H2,1-5H3/t23-,26-,27-,28?/m0/s1. The minimum atomic E-state index is -1.06. The molecule has 2 aromatic carbocycles. The van der Waals surface area contributed by atoms with Crippen molar-refractivity contribution >= 4 is 23.4 Å². The molecule has 1 unspecified atom stereocenters. The number of fused-ring (bicyclic) bond motifs is 1. The molecule has 1 aliphatic heterocycles. The fraction of sp³-hybridized carbons (Fsp3) is 0.419. The molecule has 1 saturated carbocycles. The van der Waals surface area contributed by atoms with Crippen LogP contribution in [0.25, 0.3) is 0 Å². The van der Waals surface area contributed by atoms with Crippen LogP contribution in [-0.2, 0) is 23.9 Å². The molecule has 0 N–H and O–H groups in total. The van der Waals surface area contributed by atoms with Gasteiger partial charge in [0.1, 0.15) is 17.4 Å². The summed E-state index contributed by atoms with van der Waals surface area (Å²) in [5, 5.41) is 0. The van der Waals surface area contributed by atoms with Crippen LogP contribution in [-0.4, -0.2) is 50.4 Å². The lowest BCUT2D eigenvalue weighted by molar-refractivity contribution is -0.153. The molecule has 0 radical (unpaired) electrons. The summed E-state index contributed by atoms with van der Waals surface area (Å²) in [6.45, 7) is 7.96. The van der Waals surface area contributed by atoms with Crippen LogP contribution < -0.4 is 9.47 Å². The van der Waals surface area contributed by atoms with Crippen molar-refractivity contribution in [1.82, 2.24) is 0 Å². The highest BCUT2D eigenvalue weighted by Gasteiger charge is 2.53. The molecular weight excluding hydrogens is 498 g/mol. The van der Waals surface area contributed by atoms with Crippen molar-refractivity contribution < 1.29 is 33.3 Å². The number of aliphatic imine (C=N–C) groups is 1. The molecule has 4 rings (SSSR count). The Kier molecular flexibility index (Phi) is 8.84. The summed E-state index contributed by atoms with van der Waals surface area (Å²) in [6, 6.07) is 14.7. The molecule has 206 valence electrons. The number of methoxy groups -OCH3 is 1. The van der Waals surface area contributed by atoms with Gasteiger partial charge in [0.25, 0.3) is 0 Å². The first-order valence-electron chi connectivity index (χ1n) is 13.4. The summed E-state index contributed by atoms with van der Waals surface area (Å²) >= 11 is 0. The van der Waals surface area contributed by atoms with Crippen LogP contribution in [0.1, 0.15) is 57.1 Å². The number of carbonyl (C=O) groups is 3. The molecule has 1 heterocycles. The Morgan fingerprint density at radius 2 is 1.62 bits per heavy atom. The average molecular weight is 534 g/mol. The Balaban J connectivity index is 1.87. The first-order valence-corrected chi connectivity index (χ1v) is 13.4. The van der Waals surface area contributed by atoms with E-state index in [1.54, 1.807) is 27.9 Å². The number of ether oxygens (including phenoxy) is 4. The Morgan fingerprint density at radius 1 is 0.897 bits per heavy atom. The third-order valence-electron chi connectivity index (χ3n) is 7.26. The molecule has 4 atom stereocenters. The van der Waals surface area contributed by atoms with E-state index in [1.807, 2.05) is 55.5 Å². The van der Waals surface area contributed by atoms with E-state index < -0.39 is 35.6 Å². The number of ketones is 1. The number of rotatable bonds is 9. The van der Waals surface area contributed by atoms with Crippen molar-refractivity contribution in [1.29, 1.82) is 0 Å². The van der Waals surface area contributed by atoms with Gasteiger partial charge in [-0.3, -0.25) is 14.6 Å². The van der Waals surface area contributed by atoms with Crippen LogP contribution in [0.2, 0.25) is 0 Å². The highest BCUT2D eigenvalue weighted by atomic mass is 16.5. The molecule has 8 nitrogen and oxygen atoms in total. The summed E-state index contributed by atoms with van der Waals surface area (Å²) in [6.07, 6.45) is 0.355. The second-order valence-corrected chi connectivity index (χ2v) is 9.50. The van der Waals surface area contributed by atoms with E-state index in [2.05, 4.69) is 0 Å². The zero-order chi connectivity index (χ0) is 28.1. The lowest BCUT2D eigenvalue weighted by Crippen LogP contribution is -2.48. The van der Waals surface area contributed by atoms with Crippen molar-refractivity contribution in [3.8, 4) is 11.5 Å². The fourth-order valence-electron chi connectivity index (χ4n) is 5.64. The molecule has 0 spiro atoms. The van der Waals surface area contributed by atoms with Gasteiger partial charge < -0.3 is 18.9 Å². The van der Waals surface area contributed by atoms with E-state index in [4.69, 9.17) is 23.9 Å². The highest BCUT2D eigenvalue weighted by Crippen LogP contribution is 2.48.